The van der Waals surface area contributed by atoms with Crippen molar-refractivity contribution in [1.82, 2.24) is 10.4 Å². The first-order chi connectivity index (χ1) is 10.3. The Balaban J connectivity index is 1.78. The van der Waals surface area contributed by atoms with Crippen LogP contribution < -0.4 is 11.3 Å². The lowest BCUT2D eigenvalue weighted by Crippen LogP contribution is -2.28. The zero-order valence-corrected chi connectivity index (χ0v) is 12.0. The zero-order chi connectivity index (χ0) is 14.7. The van der Waals surface area contributed by atoms with Gasteiger partial charge in [0.25, 0.3) is 0 Å². The summed E-state index contributed by atoms with van der Waals surface area (Å²) in [6, 6.07) is 12.3. The molecule has 1 unspecified atom stereocenters. The zero-order valence-electron chi connectivity index (χ0n) is 12.0. The van der Waals surface area contributed by atoms with Crippen molar-refractivity contribution in [3.05, 3.63) is 65.7 Å². The van der Waals surface area contributed by atoms with Gasteiger partial charge in [0.1, 0.15) is 11.3 Å². The first kappa shape index (κ1) is 13.8. The molecule has 0 radical (unpaired) electrons. The summed E-state index contributed by atoms with van der Waals surface area (Å²) in [5.74, 6) is 6.58. The van der Waals surface area contributed by atoms with E-state index in [1.807, 2.05) is 30.6 Å². The third-order valence-corrected chi connectivity index (χ3v) is 3.71. The van der Waals surface area contributed by atoms with Crippen molar-refractivity contribution >= 4 is 11.0 Å². The van der Waals surface area contributed by atoms with E-state index < -0.39 is 0 Å². The Labute approximate surface area is 124 Å². The number of aryl methyl sites for hydroxylation is 2. The number of pyridine rings is 1. The molecule has 4 heteroatoms. The van der Waals surface area contributed by atoms with Crippen molar-refractivity contribution in [1.29, 1.82) is 0 Å². The quantitative estimate of drug-likeness (QED) is 0.556. The average Bonchev–Trinajstić information content (AvgIpc) is 2.92. The summed E-state index contributed by atoms with van der Waals surface area (Å²) in [5, 5.41) is 1.12. The summed E-state index contributed by atoms with van der Waals surface area (Å²) in [6.45, 7) is 2.08. The number of benzene rings is 1. The minimum Gasteiger partial charge on any atom is -0.459 e. The predicted octanol–water partition coefficient (Wildman–Crippen LogP) is 3.27. The van der Waals surface area contributed by atoms with Crippen LogP contribution in [0.15, 0.2) is 53.2 Å². The van der Waals surface area contributed by atoms with Gasteiger partial charge in [0.15, 0.2) is 0 Å². The molecular formula is C17H19N3O. The van der Waals surface area contributed by atoms with E-state index in [9.17, 15) is 0 Å². The van der Waals surface area contributed by atoms with Gasteiger partial charge in [0.2, 0.25) is 0 Å². The fourth-order valence-electron chi connectivity index (χ4n) is 2.52. The van der Waals surface area contributed by atoms with Crippen LogP contribution in [0.3, 0.4) is 0 Å². The molecule has 2 aromatic heterocycles. The molecule has 4 nitrogen and oxygen atoms in total. The second kappa shape index (κ2) is 6.08. The maximum atomic E-state index is 5.91. The molecule has 3 rings (SSSR count). The van der Waals surface area contributed by atoms with Gasteiger partial charge in [-0.05, 0) is 55.7 Å². The van der Waals surface area contributed by atoms with E-state index in [1.54, 1.807) is 0 Å². The van der Waals surface area contributed by atoms with Gasteiger partial charge in [0, 0.05) is 17.8 Å². The van der Waals surface area contributed by atoms with Crippen molar-refractivity contribution in [2.75, 3.05) is 0 Å². The minimum absolute atomic E-state index is 0.00544. The first-order valence-corrected chi connectivity index (χ1v) is 7.11. The molecule has 0 bridgehead atoms. The topological polar surface area (TPSA) is 64.1 Å². The van der Waals surface area contributed by atoms with Gasteiger partial charge in [-0.3, -0.25) is 10.8 Å². The van der Waals surface area contributed by atoms with Crippen LogP contribution in [0.25, 0.3) is 11.0 Å². The van der Waals surface area contributed by atoms with Crippen LogP contribution in [0.1, 0.15) is 29.3 Å². The van der Waals surface area contributed by atoms with E-state index in [0.29, 0.717) is 0 Å². The molecule has 3 aromatic rings. The summed E-state index contributed by atoms with van der Waals surface area (Å²) in [5.41, 5.74) is 6.23. The largest absolute Gasteiger partial charge is 0.459 e. The fraction of sp³-hybridized carbons (Fsp3) is 0.235. The molecule has 1 atom stereocenters. The van der Waals surface area contributed by atoms with E-state index in [4.69, 9.17) is 10.3 Å². The molecule has 0 saturated carbocycles. The van der Waals surface area contributed by atoms with E-state index in [2.05, 4.69) is 35.5 Å². The molecule has 0 aliphatic heterocycles. The van der Waals surface area contributed by atoms with Crippen LogP contribution in [0, 0.1) is 6.92 Å². The molecule has 0 saturated heterocycles. The lowest BCUT2D eigenvalue weighted by atomic mass is 10.0. The lowest BCUT2D eigenvalue weighted by molar-refractivity contribution is 0.417. The highest BCUT2D eigenvalue weighted by molar-refractivity contribution is 5.78. The summed E-state index contributed by atoms with van der Waals surface area (Å²) in [6.07, 6.45) is 5.42. The van der Waals surface area contributed by atoms with E-state index in [-0.39, 0.29) is 6.04 Å². The number of furan rings is 1. The Morgan fingerprint density at radius 2 is 2.00 bits per heavy atom. The summed E-state index contributed by atoms with van der Waals surface area (Å²) in [4.78, 5) is 4.03. The van der Waals surface area contributed by atoms with Crippen molar-refractivity contribution in [3.8, 4) is 0 Å². The van der Waals surface area contributed by atoms with Crippen molar-refractivity contribution in [2.24, 2.45) is 5.84 Å². The summed E-state index contributed by atoms with van der Waals surface area (Å²) in [7, 11) is 0. The van der Waals surface area contributed by atoms with Crippen molar-refractivity contribution < 1.29 is 4.42 Å². The van der Waals surface area contributed by atoms with Crippen LogP contribution in [0.4, 0.5) is 0 Å². The molecule has 0 spiro atoms. The minimum atomic E-state index is 0.00544. The van der Waals surface area contributed by atoms with E-state index in [0.717, 1.165) is 29.6 Å². The SMILES string of the molecule is Cc1ccc2oc(C(CCc3ccncc3)NN)cc2c1. The van der Waals surface area contributed by atoms with Crippen LogP contribution in [-0.2, 0) is 6.42 Å². The van der Waals surface area contributed by atoms with Crippen molar-refractivity contribution in [2.45, 2.75) is 25.8 Å². The molecule has 0 fully saturated rings. The fourth-order valence-corrected chi connectivity index (χ4v) is 2.52. The van der Waals surface area contributed by atoms with Crippen molar-refractivity contribution in [3.63, 3.8) is 0 Å². The van der Waals surface area contributed by atoms with Gasteiger partial charge in [-0.1, -0.05) is 11.6 Å². The molecule has 21 heavy (non-hydrogen) atoms. The van der Waals surface area contributed by atoms with Crippen LogP contribution in [0.5, 0.6) is 0 Å². The molecule has 3 N–H and O–H groups in total. The maximum Gasteiger partial charge on any atom is 0.134 e. The molecule has 2 heterocycles. The second-order valence-electron chi connectivity index (χ2n) is 5.30. The number of hydrazine groups is 1. The normalized spacial score (nSPS) is 12.7. The average molecular weight is 281 g/mol. The molecule has 1 aromatic carbocycles. The molecule has 0 aliphatic rings. The number of hydrogen-bond acceptors (Lipinski definition) is 4. The number of fused-ring (bicyclic) bond motifs is 1. The number of nitrogens with two attached hydrogens (primary N) is 1. The molecule has 108 valence electrons. The van der Waals surface area contributed by atoms with Crippen LogP contribution >= 0.6 is 0 Å². The number of rotatable bonds is 5. The monoisotopic (exact) mass is 281 g/mol. The highest BCUT2D eigenvalue weighted by atomic mass is 16.3. The molecule has 0 aliphatic carbocycles. The smallest absolute Gasteiger partial charge is 0.134 e. The second-order valence-corrected chi connectivity index (χ2v) is 5.30. The lowest BCUT2D eigenvalue weighted by Gasteiger charge is -2.12. The Morgan fingerprint density at radius 1 is 1.19 bits per heavy atom. The van der Waals surface area contributed by atoms with Gasteiger partial charge in [-0.25, -0.2) is 5.43 Å². The van der Waals surface area contributed by atoms with Gasteiger partial charge in [-0.2, -0.15) is 0 Å². The highest BCUT2D eigenvalue weighted by Crippen LogP contribution is 2.27. The highest BCUT2D eigenvalue weighted by Gasteiger charge is 2.15. The summed E-state index contributed by atoms with van der Waals surface area (Å²) < 4.78 is 5.91. The standard InChI is InChI=1S/C17H19N3O/c1-12-2-5-16-14(10-12)11-17(21-16)15(20-18)4-3-13-6-8-19-9-7-13/h2,5-11,15,20H,3-4,18H2,1H3. The Morgan fingerprint density at radius 3 is 2.76 bits per heavy atom. The number of nitrogens with one attached hydrogen (secondary N) is 1. The van der Waals surface area contributed by atoms with Gasteiger partial charge in [-0.15, -0.1) is 0 Å². The van der Waals surface area contributed by atoms with E-state index >= 15 is 0 Å². The number of hydrogen-bond donors (Lipinski definition) is 2. The van der Waals surface area contributed by atoms with Crippen LogP contribution in [0.2, 0.25) is 0 Å². The molecular weight excluding hydrogens is 262 g/mol. The Hall–Kier alpha value is -2.17. The van der Waals surface area contributed by atoms with Gasteiger partial charge >= 0.3 is 0 Å². The number of aromatic nitrogens is 1. The molecule has 0 amide bonds. The third-order valence-electron chi connectivity index (χ3n) is 3.71. The third kappa shape index (κ3) is 3.12. The predicted molar refractivity (Wildman–Crippen MR) is 83.6 cm³/mol. The summed E-state index contributed by atoms with van der Waals surface area (Å²) >= 11 is 0. The van der Waals surface area contributed by atoms with Crippen LogP contribution in [-0.4, -0.2) is 4.98 Å². The number of nitrogens with zero attached hydrogens (tertiary/aromatic N) is 1. The Kier molecular flexibility index (Phi) is 3.99. The Bertz CT molecular complexity index is 721. The van der Waals surface area contributed by atoms with E-state index in [1.165, 1.54) is 11.1 Å². The maximum absolute atomic E-state index is 5.91. The van der Waals surface area contributed by atoms with Gasteiger partial charge < -0.3 is 4.42 Å². The van der Waals surface area contributed by atoms with Gasteiger partial charge in [0.05, 0.1) is 6.04 Å². The first-order valence-electron chi connectivity index (χ1n) is 7.11.